The molecule has 0 fully saturated rings. The Kier molecular flexibility index (Phi) is 5.06. The number of amides is 1. The van der Waals surface area contributed by atoms with Gasteiger partial charge in [-0.05, 0) is 49.2 Å². The first-order chi connectivity index (χ1) is 13.0. The highest BCUT2D eigenvalue weighted by atomic mass is 16.1. The molecule has 27 heavy (non-hydrogen) atoms. The molecule has 1 aromatic heterocycles. The number of rotatable bonds is 4. The van der Waals surface area contributed by atoms with Crippen LogP contribution in [-0.2, 0) is 11.3 Å². The SMILES string of the molecule is Cc1ccc(NC(=O)/C(C#N)=C\c2cn(CC#N)c3ccccc23)cc1C. The van der Waals surface area contributed by atoms with Crippen LogP contribution in [0.5, 0.6) is 0 Å². The number of aryl methyl sites for hydroxylation is 2. The molecule has 0 aliphatic heterocycles. The number of hydrogen-bond donors (Lipinski definition) is 1. The van der Waals surface area contributed by atoms with Gasteiger partial charge in [0.2, 0.25) is 0 Å². The van der Waals surface area contributed by atoms with E-state index < -0.39 is 5.91 Å². The second-order valence-electron chi connectivity index (χ2n) is 6.31. The molecule has 1 N–H and O–H groups in total. The van der Waals surface area contributed by atoms with Crippen molar-refractivity contribution in [1.29, 1.82) is 10.5 Å². The average molecular weight is 354 g/mol. The van der Waals surface area contributed by atoms with Gasteiger partial charge in [0.05, 0.1) is 6.07 Å². The van der Waals surface area contributed by atoms with Crippen LogP contribution in [0.1, 0.15) is 16.7 Å². The molecule has 0 bridgehead atoms. The molecule has 2 aromatic carbocycles. The van der Waals surface area contributed by atoms with Crippen molar-refractivity contribution in [3.05, 3.63) is 70.9 Å². The third-order valence-electron chi connectivity index (χ3n) is 4.49. The average Bonchev–Trinajstić information content (AvgIpc) is 3.01. The Morgan fingerprint density at radius 3 is 2.63 bits per heavy atom. The molecule has 5 nitrogen and oxygen atoms in total. The number of nitrogens with one attached hydrogen (secondary N) is 1. The van der Waals surface area contributed by atoms with E-state index in [0.29, 0.717) is 5.69 Å². The summed E-state index contributed by atoms with van der Waals surface area (Å²) in [6, 6.07) is 17.3. The van der Waals surface area contributed by atoms with Crippen molar-refractivity contribution in [2.75, 3.05) is 5.32 Å². The molecule has 0 spiro atoms. The van der Waals surface area contributed by atoms with Crippen LogP contribution >= 0.6 is 0 Å². The number of anilines is 1. The van der Waals surface area contributed by atoms with Gasteiger partial charge in [0, 0.05) is 28.4 Å². The van der Waals surface area contributed by atoms with Crippen LogP contribution in [0.15, 0.2) is 54.2 Å². The summed E-state index contributed by atoms with van der Waals surface area (Å²) in [5, 5.41) is 22.1. The van der Waals surface area contributed by atoms with E-state index in [2.05, 4.69) is 11.4 Å². The largest absolute Gasteiger partial charge is 0.333 e. The van der Waals surface area contributed by atoms with Crippen LogP contribution in [0.3, 0.4) is 0 Å². The third kappa shape index (κ3) is 3.73. The molecule has 0 saturated heterocycles. The predicted molar refractivity (Wildman–Crippen MR) is 106 cm³/mol. The standard InChI is InChI=1S/C22H18N4O/c1-15-7-8-19(11-16(15)2)25-22(27)17(13-24)12-18-14-26(10-9-23)21-6-4-3-5-20(18)21/h3-8,11-12,14H,10H2,1-2H3,(H,25,27)/b17-12-. The van der Waals surface area contributed by atoms with Gasteiger partial charge in [-0.15, -0.1) is 0 Å². The zero-order valence-electron chi connectivity index (χ0n) is 15.2. The second-order valence-corrected chi connectivity index (χ2v) is 6.31. The Morgan fingerprint density at radius 1 is 1.15 bits per heavy atom. The summed E-state index contributed by atoms with van der Waals surface area (Å²) < 4.78 is 1.80. The maximum Gasteiger partial charge on any atom is 0.266 e. The maximum atomic E-state index is 12.6. The zero-order chi connectivity index (χ0) is 19.4. The summed E-state index contributed by atoms with van der Waals surface area (Å²) in [5.74, 6) is -0.460. The summed E-state index contributed by atoms with van der Waals surface area (Å²) in [5.41, 5.74) is 4.47. The normalized spacial score (nSPS) is 11.0. The van der Waals surface area contributed by atoms with Crippen LogP contribution in [0.2, 0.25) is 0 Å². The van der Waals surface area contributed by atoms with Crippen LogP contribution in [-0.4, -0.2) is 10.5 Å². The topological polar surface area (TPSA) is 81.6 Å². The van der Waals surface area contributed by atoms with Crippen molar-refractivity contribution in [3.8, 4) is 12.1 Å². The minimum atomic E-state index is -0.460. The van der Waals surface area contributed by atoms with E-state index in [1.807, 2.05) is 62.4 Å². The van der Waals surface area contributed by atoms with Gasteiger partial charge in [0.25, 0.3) is 5.91 Å². The highest BCUT2D eigenvalue weighted by Gasteiger charge is 2.13. The van der Waals surface area contributed by atoms with Gasteiger partial charge in [-0.3, -0.25) is 4.79 Å². The molecule has 0 atom stereocenters. The quantitative estimate of drug-likeness (QED) is 0.559. The second kappa shape index (κ2) is 7.59. The first kappa shape index (κ1) is 18.0. The third-order valence-corrected chi connectivity index (χ3v) is 4.49. The lowest BCUT2D eigenvalue weighted by Crippen LogP contribution is -2.13. The highest BCUT2D eigenvalue weighted by molar-refractivity contribution is 6.10. The Hall–Kier alpha value is -3.83. The molecule has 1 heterocycles. The van der Waals surface area contributed by atoms with Gasteiger partial charge in [0.1, 0.15) is 18.2 Å². The van der Waals surface area contributed by atoms with Gasteiger partial charge in [-0.25, -0.2) is 0 Å². The minimum Gasteiger partial charge on any atom is -0.333 e. The van der Waals surface area contributed by atoms with Gasteiger partial charge < -0.3 is 9.88 Å². The van der Waals surface area contributed by atoms with E-state index in [4.69, 9.17) is 5.26 Å². The molecule has 5 heteroatoms. The number of carbonyl (C=O) groups is 1. The predicted octanol–water partition coefficient (Wildman–Crippen LogP) is 4.33. The molecule has 0 aliphatic carbocycles. The molecule has 1 amide bonds. The number of aromatic nitrogens is 1. The fraction of sp³-hybridized carbons (Fsp3) is 0.136. The number of nitriles is 2. The van der Waals surface area contributed by atoms with E-state index in [9.17, 15) is 10.1 Å². The van der Waals surface area contributed by atoms with Crippen LogP contribution in [0.4, 0.5) is 5.69 Å². The number of para-hydroxylation sites is 1. The summed E-state index contributed by atoms with van der Waals surface area (Å²) in [6.07, 6.45) is 3.35. The van der Waals surface area contributed by atoms with E-state index in [-0.39, 0.29) is 12.1 Å². The van der Waals surface area contributed by atoms with Crippen LogP contribution in [0.25, 0.3) is 17.0 Å². The van der Waals surface area contributed by atoms with Gasteiger partial charge in [-0.2, -0.15) is 10.5 Å². The van der Waals surface area contributed by atoms with Gasteiger partial charge in [-0.1, -0.05) is 24.3 Å². The fourth-order valence-corrected chi connectivity index (χ4v) is 2.92. The maximum absolute atomic E-state index is 12.6. The Bertz CT molecular complexity index is 1140. The first-order valence-electron chi connectivity index (χ1n) is 8.48. The van der Waals surface area contributed by atoms with Crippen molar-refractivity contribution >= 4 is 28.6 Å². The van der Waals surface area contributed by atoms with E-state index in [1.54, 1.807) is 16.8 Å². The smallest absolute Gasteiger partial charge is 0.266 e. The fourth-order valence-electron chi connectivity index (χ4n) is 2.92. The highest BCUT2D eigenvalue weighted by Crippen LogP contribution is 2.24. The Labute approximate surface area is 157 Å². The van der Waals surface area contributed by atoms with Crippen molar-refractivity contribution in [1.82, 2.24) is 4.57 Å². The number of carbonyl (C=O) groups excluding carboxylic acids is 1. The van der Waals surface area contributed by atoms with E-state index >= 15 is 0 Å². The van der Waals surface area contributed by atoms with Crippen molar-refractivity contribution in [3.63, 3.8) is 0 Å². The number of fused-ring (bicyclic) bond motifs is 1. The number of hydrogen-bond acceptors (Lipinski definition) is 3. The molecular weight excluding hydrogens is 336 g/mol. The molecule has 3 aromatic rings. The zero-order valence-corrected chi connectivity index (χ0v) is 15.2. The summed E-state index contributed by atoms with van der Waals surface area (Å²) in [4.78, 5) is 12.6. The lowest BCUT2D eigenvalue weighted by Gasteiger charge is -2.07. The summed E-state index contributed by atoms with van der Waals surface area (Å²) in [6.45, 7) is 4.17. The number of nitrogens with zero attached hydrogens (tertiary/aromatic N) is 3. The minimum absolute atomic E-state index is 0.00749. The van der Waals surface area contributed by atoms with Gasteiger partial charge in [0.15, 0.2) is 0 Å². The first-order valence-corrected chi connectivity index (χ1v) is 8.48. The van der Waals surface area contributed by atoms with Gasteiger partial charge >= 0.3 is 0 Å². The lowest BCUT2D eigenvalue weighted by molar-refractivity contribution is -0.112. The van der Waals surface area contributed by atoms with Crippen LogP contribution in [0, 0.1) is 36.5 Å². The van der Waals surface area contributed by atoms with Crippen molar-refractivity contribution < 1.29 is 4.79 Å². The lowest BCUT2D eigenvalue weighted by atomic mass is 10.1. The Morgan fingerprint density at radius 2 is 1.93 bits per heavy atom. The molecule has 0 saturated carbocycles. The molecule has 0 aliphatic rings. The van der Waals surface area contributed by atoms with Crippen LogP contribution < -0.4 is 5.32 Å². The number of benzene rings is 2. The van der Waals surface area contributed by atoms with Crippen molar-refractivity contribution in [2.45, 2.75) is 20.4 Å². The molecular formula is C22H18N4O. The molecule has 0 unspecified atom stereocenters. The summed E-state index contributed by atoms with van der Waals surface area (Å²) >= 11 is 0. The monoisotopic (exact) mass is 354 g/mol. The van der Waals surface area contributed by atoms with E-state index in [0.717, 1.165) is 27.6 Å². The van der Waals surface area contributed by atoms with E-state index in [1.165, 1.54) is 0 Å². The molecule has 3 rings (SSSR count). The Balaban J connectivity index is 1.96. The molecule has 132 valence electrons. The molecule has 0 radical (unpaired) electrons. The summed E-state index contributed by atoms with van der Waals surface area (Å²) in [7, 11) is 0. The van der Waals surface area contributed by atoms with Crippen molar-refractivity contribution in [2.24, 2.45) is 0 Å².